The van der Waals surface area contributed by atoms with Crippen molar-refractivity contribution in [3.63, 3.8) is 0 Å². The topological polar surface area (TPSA) is 43.4 Å². The van der Waals surface area contributed by atoms with Crippen LogP contribution in [0.15, 0.2) is 18.3 Å². The van der Waals surface area contributed by atoms with Crippen LogP contribution < -0.4 is 5.73 Å². The van der Waals surface area contributed by atoms with Gasteiger partial charge in [0.15, 0.2) is 0 Å². The molecule has 0 amide bonds. The first kappa shape index (κ1) is 14.6. The molecule has 1 aromatic heterocycles. The lowest BCUT2D eigenvalue weighted by Gasteiger charge is -2.15. The first-order chi connectivity index (χ1) is 10.1. The van der Waals surface area contributed by atoms with E-state index in [2.05, 4.69) is 48.7 Å². The Bertz CT molecular complexity index is 645. The molecule has 0 aliphatic carbocycles. The van der Waals surface area contributed by atoms with Crippen molar-refractivity contribution >= 4 is 10.9 Å². The van der Waals surface area contributed by atoms with Gasteiger partial charge in [0.2, 0.25) is 0 Å². The Hall–Kier alpha value is -1.36. The smallest absolute Gasteiger partial charge is 0.0597 e. The van der Waals surface area contributed by atoms with Crippen LogP contribution in [0.3, 0.4) is 0 Å². The molecule has 2 aromatic rings. The molecule has 2 N–H and O–H groups in total. The summed E-state index contributed by atoms with van der Waals surface area (Å²) in [5, 5.41) is 1.30. The second kappa shape index (κ2) is 5.79. The predicted molar refractivity (Wildman–Crippen MR) is 86.0 cm³/mol. The quantitative estimate of drug-likeness (QED) is 0.918. The van der Waals surface area contributed by atoms with Crippen molar-refractivity contribution < 1.29 is 4.74 Å². The molecule has 1 aliphatic rings. The maximum Gasteiger partial charge on any atom is 0.0597 e. The molecule has 1 aromatic carbocycles. The van der Waals surface area contributed by atoms with E-state index in [-0.39, 0.29) is 0 Å². The lowest BCUT2D eigenvalue weighted by Crippen LogP contribution is -2.23. The van der Waals surface area contributed by atoms with Crippen LogP contribution in [0, 0.1) is 0 Å². The summed E-state index contributed by atoms with van der Waals surface area (Å²) in [5.74, 6) is 0. The summed E-state index contributed by atoms with van der Waals surface area (Å²) < 4.78 is 7.84. The SMILES string of the molecule is CC(C)OCCN1Cc2cc3c(CN)cn(C)c3cc2C1. The summed E-state index contributed by atoms with van der Waals surface area (Å²) >= 11 is 0. The molecule has 0 fully saturated rings. The zero-order chi connectivity index (χ0) is 15.0. The van der Waals surface area contributed by atoms with Gasteiger partial charge in [0.25, 0.3) is 0 Å². The van der Waals surface area contributed by atoms with Gasteiger partial charge >= 0.3 is 0 Å². The number of hydrogen-bond acceptors (Lipinski definition) is 3. The third-order valence-corrected chi connectivity index (χ3v) is 4.26. The Kier molecular flexibility index (Phi) is 4.02. The largest absolute Gasteiger partial charge is 0.377 e. The van der Waals surface area contributed by atoms with Crippen molar-refractivity contribution in [3.05, 3.63) is 35.0 Å². The average Bonchev–Trinajstić information content (AvgIpc) is 2.97. The summed E-state index contributed by atoms with van der Waals surface area (Å²) in [6.45, 7) is 8.61. The van der Waals surface area contributed by atoms with Crippen molar-refractivity contribution in [2.45, 2.75) is 39.6 Å². The van der Waals surface area contributed by atoms with Gasteiger partial charge in [0, 0.05) is 50.3 Å². The van der Waals surface area contributed by atoms with Crippen LogP contribution in [0.25, 0.3) is 10.9 Å². The van der Waals surface area contributed by atoms with Gasteiger partial charge in [-0.25, -0.2) is 0 Å². The van der Waals surface area contributed by atoms with E-state index in [1.807, 2.05) is 0 Å². The van der Waals surface area contributed by atoms with Gasteiger partial charge in [-0.05, 0) is 42.7 Å². The average molecular weight is 287 g/mol. The highest BCUT2D eigenvalue weighted by atomic mass is 16.5. The Morgan fingerprint density at radius 3 is 2.62 bits per heavy atom. The number of nitrogens with zero attached hydrogens (tertiary/aromatic N) is 2. The number of aromatic nitrogens is 1. The number of aryl methyl sites for hydroxylation is 1. The fraction of sp³-hybridized carbons (Fsp3) is 0.529. The maximum absolute atomic E-state index is 5.86. The van der Waals surface area contributed by atoms with Gasteiger partial charge in [-0.1, -0.05) is 0 Å². The van der Waals surface area contributed by atoms with Crippen molar-refractivity contribution in [1.29, 1.82) is 0 Å². The number of fused-ring (bicyclic) bond motifs is 2. The molecule has 21 heavy (non-hydrogen) atoms. The zero-order valence-corrected chi connectivity index (χ0v) is 13.2. The van der Waals surface area contributed by atoms with Crippen molar-refractivity contribution in [3.8, 4) is 0 Å². The summed E-state index contributed by atoms with van der Waals surface area (Å²) in [4.78, 5) is 2.45. The molecular formula is C17H25N3O. The van der Waals surface area contributed by atoms with Gasteiger partial charge in [-0.3, -0.25) is 4.90 Å². The Labute approximate surface area is 126 Å². The molecule has 0 bridgehead atoms. The highest BCUT2D eigenvalue weighted by Crippen LogP contribution is 2.30. The van der Waals surface area contributed by atoms with E-state index in [1.165, 1.54) is 27.6 Å². The normalized spacial score (nSPS) is 15.3. The summed E-state index contributed by atoms with van der Waals surface area (Å²) in [7, 11) is 2.09. The van der Waals surface area contributed by atoms with Crippen molar-refractivity contribution in [2.24, 2.45) is 12.8 Å². The zero-order valence-electron chi connectivity index (χ0n) is 13.2. The Morgan fingerprint density at radius 2 is 1.95 bits per heavy atom. The van der Waals surface area contributed by atoms with Gasteiger partial charge in [0.05, 0.1) is 12.7 Å². The molecule has 0 unspecified atom stereocenters. The minimum atomic E-state index is 0.310. The fourth-order valence-electron chi connectivity index (χ4n) is 3.17. The summed E-state index contributed by atoms with van der Waals surface area (Å²) in [5.41, 5.74) is 11.3. The number of nitrogens with two attached hydrogens (primary N) is 1. The molecule has 0 spiro atoms. The third kappa shape index (κ3) is 2.84. The molecule has 3 rings (SSSR count). The monoisotopic (exact) mass is 287 g/mol. The molecule has 4 nitrogen and oxygen atoms in total. The lowest BCUT2D eigenvalue weighted by atomic mass is 10.1. The molecule has 2 heterocycles. The standard InChI is InChI=1S/C17H25N3O/c1-12(2)21-5-4-20-10-13-6-16-15(8-18)9-19(3)17(16)7-14(13)11-20/h6-7,9,12H,4-5,8,10-11,18H2,1-3H3. The van der Waals surface area contributed by atoms with Crippen LogP contribution >= 0.6 is 0 Å². The van der Waals surface area contributed by atoms with E-state index in [1.54, 1.807) is 0 Å². The number of benzene rings is 1. The molecule has 0 saturated heterocycles. The molecule has 0 atom stereocenters. The fourth-order valence-corrected chi connectivity index (χ4v) is 3.17. The predicted octanol–water partition coefficient (Wildman–Crippen LogP) is 2.38. The van der Waals surface area contributed by atoms with E-state index in [0.717, 1.165) is 26.2 Å². The third-order valence-electron chi connectivity index (χ3n) is 4.26. The van der Waals surface area contributed by atoms with E-state index < -0.39 is 0 Å². The van der Waals surface area contributed by atoms with E-state index in [9.17, 15) is 0 Å². The molecular weight excluding hydrogens is 262 g/mol. The molecule has 1 aliphatic heterocycles. The highest BCUT2D eigenvalue weighted by Gasteiger charge is 2.20. The van der Waals surface area contributed by atoms with E-state index in [0.29, 0.717) is 12.6 Å². The number of rotatable bonds is 5. The van der Waals surface area contributed by atoms with Crippen LogP contribution in [0.5, 0.6) is 0 Å². The maximum atomic E-state index is 5.86. The van der Waals surface area contributed by atoms with Gasteiger partial charge < -0.3 is 15.0 Å². The van der Waals surface area contributed by atoms with Crippen molar-refractivity contribution in [1.82, 2.24) is 9.47 Å². The Balaban J connectivity index is 1.78. The molecule has 0 saturated carbocycles. The van der Waals surface area contributed by atoms with Crippen LogP contribution in [0.1, 0.15) is 30.5 Å². The van der Waals surface area contributed by atoms with E-state index in [4.69, 9.17) is 10.5 Å². The van der Waals surface area contributed by atoms with Crippen LogP contribution in [-0.2, 0) is 31.4 Å². The molecule has 0 radical (unpaired) electrons. The lowest BCUT2D eigenvalue weighted by molar-refractivity contribution is 0.0584. The number of hydrogen-bond donors (Lipinski definition) is 1. The van der Waals surface area contributed by atoms with Crippen molar-refractivity contribution in [2.75, 3.05) is 13.2 Å². The first-order valence-corrected chi connectivity index (χ1v) is 7.72. The van der Waals surface area contributed by atoms with Gasteiger partial charge in [-0.15, -0.1) is 0 Å². The Morgan fingerprint density at radius 1 is 1.24 bits per heavy atom. The number of ether oxygens (including phenoxy) is 1. The van der Waals surface area contributed by atoms with Crippen LogP contribution in [0.4, 0.5) is 0 Å². The van der Waals surface area contributed by atoms with Crippen LogP contribution in [-0.4, -0.2) is 28.7 Å². The minimum absolute atomic E-state index is 0.310. The van der Waals surface area contributed by atoms with E-state index >= 15 is 0 Å². The summed E-state index contributed by atoms with van der Waals surface area (Å²) in [6, 6.07) is 4.66. The highest BCUT2D eigenvalue weighted by molar-refractivity contribution is 5.85. The molecule has 114 valence electrons. The second-order valence-electron chi connectivity index (χ2n) is 6.24. The molecule has 4 heteroatoms. The van der Waals surface area contributed by atoms with Gasteiger partial charge in [0.1, 0.15) is 0 Å². The first-order valence-electron chi connectivity index (χ1n) is 7.72. The summed E-state index contributed by atoms with van der Waals surface area (Å²) in [6.07, 6.45) is 2.46. The van der Waals surface area contributed by atoms with Crippen LogP contribution in [0.2, 0.25) is 0 Å². The minimum Gasteiger partial charge on any atom is -0.377 e. The second-order valence-corrected chi connectivity index (χ2v) is 6.24. The van der Waals surface area contributed by atoms with Gasteiger partial charge in [-0.2, -0.15) is 0 Å².